The van der Waals surface area contributed by atoms with E-state index in [9.17, 15) is 4.79 Å². The van der Waals surface area contributed by atoms with E-state index in [0.717, 1.165) is 56.8 Å². The summed E-state index contributed by atoms with van der Waals surface area (Å²) < 4.78 is 10.8. The smallest absolute Gasteiger partial charge is 0.227 e. The quantitative estimate of drug-likeness (QED) is 0.920. The van der Waals surface area contributed by atoms with Crippen LogP contribution in [0.25, 0.3) is 0 Å². The second-order valence-electron chi connectivity index (χ2n) is 6.79. The van der Waals surface area contributed by atoms with Gasteiger partial charge in [0.05, 0.1) is 20.1 Å². The molecule has 1 aromatic rings. The molecule has 0 aliphatic carbocycles. The van der Waals surface area contributed by atoms with Gasteiger partial charge in [-0.25, -0.2) is 0 Å². The normalized spacial score (nSPS) is 24.0. The minimum Gasteiger partial charge on any atom is -0.493 e. The Bertz CT molecular complexity index is 568. The molecule has 1 fully saturated rings. The van der Waals surface area contributed by atoms with Crippen LogP contribution in [0.4, 0.5) is 0 Å². The SMILES string of the molecule is COc1cc2c(cc1OC)CCN(C(=O)C1CCCNC1C)CC2. The Morgan fingerprint density at radius 1 is 1.12 bits per heavy atom. The van der Waals surface area contributed by atoms with Gasteiger partial charge < -0.3 is 19.7 Å². The molecule has 0 saturated carbocycles. The molecule has 0 bridgehead atoms. The van der Waals surface area contributed by atoms with Crippen molar-refractivity contribution in [1.29, 1.82) is 0 Å². The molecule has 1 saturated heterocycles. The third-order valence-electron chi connectivity index (χ3n) is 5.40. The van der Waals surface area contributed by atoms with Crippen molar-refractivity contribution in [3.63, 3.8) is 0 Å². The van der Waals surface area contributed by atoms with Gasteiger partial charge in [-0.2, -0.15) is 0 Å². The standard InChI is InChI=1S/C19H28N2O3/c1-13-16(5-4-8-20-13)19(22)21-9-6-14-11-17(23-2)18(24-3)12-15(14)7-10-21/h11-13,16,20H,4-10H2,1-3H3. The number of ether oxygens (including phenoxy) is 2. The Morgan fingerprint density at radius 3 is 2.21 bits per heavy atom. The first-order valence-corrected chi connectivity index (χ1v) is 8.90. The minimum atomic E-state index is 0.115. The predicted molar refractivity (Wildman–Crippen MR) is 93.7 cm³/mol. The number of nitrogens with one attached hydrogen (secondary N) is 1. The van der Waals surface area contributed by atoms with Crippen molar-refractivity contribution in [2.45, 2.75) is 38.6 Å². The molecule has 0 aromatic heterocycles. The van der Waals surface area contributed by atoms with E-state index in [4.69, 9.17) is 9.47 Å². The van der Waals surface area contributed by atoms with Crippen LogP contribution in [-0.2, 0) is 17.6 Å². The third kappa shape index (κ3) is 3.36. The molecule has 2 aliphatic heterocycles. The Balaban J connectivity index is 1.74. The van der Waals surface area contributed by atoms with E-state index in [2.05, 4.69) is 24.4 Å². The van der Waals surface area contributed by atoms with Gasteiger partial charge in [0.15, 0.2) is 11.5 Å². The summed E-state index contributed by atoms with van der Waals surface area (Å²) in [6.45, 7) is 4.72. The highest BCUT2D eigenvalue weighted by atomic mass is 16.5. The first-order chi connectivity index (χ1) is 11.6. The van der Waals surface area contributed by atoms with Crippen molar-refractivity contribution in [2.75, 3.05) is 33.9 Å². The monoisotopic (exact) mass is 332 g/mol. The van der Waals surface area contributed by atoms with E-state index in [1.54, 1.807) is 14.2 Å². The third-order valence-corrected chi connectivity index (χ3v) is 5.40. The molecular weight excluding hydrogens is 304 g/mol. The second-order valence-corrected chi connectivity index (χ2v) is 6.79. The van der Waals surface area contributed by atoms with Crippen molar-refractivity contribution in [3.8, 4) is 11.5 Å². The molecule has 2 unspecified atom stereocenters. The predicted octanol–water partition coefficient (Wildman–Crippen LogP) is 2.02. The fraction of sp³-hybridized carbons (Fsp3) is 0.632. The molecule has 5 nitrogen and oxygen atoms in total. The van der Waals surface area contributed by atoms with Gasteiger partial charge in [0.2, 0.25) is 5.91 Å². The summed E-state index contributed by atoms with van der Waals surface area (Å²) in [5, 5.41) is 3.43. The molecular formula is C19H28N2O3. The Labute approximate surface area is 144 Å². The maximum atomic E-state index is 13.0. The van der Waals surface area contributed by atoms with Gasteiger partial charge in [0.25, 0.3) is 0 Å². The number of nitrogens with zero attached hydrogens (tertiary/aromatic N) is 1. The molecule has 2 aliphatic rings. The van der Waals surface area contributed by atoms with Gasteiger partial charge >= 0.3 is 0 Å². The first-order valence-electron chi connectivity index (χ1n) is 8.90. The topological polar surface area (TPSA) is 50.8 Å². The van der Waals surface area contributed by atoms with Crippen LogP contribution in [0.3, 0.4) is 0 Å². The lowest BCUT2D eigenvalue weighted by Crippen LogP contribution is -2.48. The number of amides is 1. The van der Waals surface area contributed by atoms with Crippen LogP contribution < -0.4 is 14.8 Å². The van der Waals surface area contributed by atoms with Gasteiger partial charge in [0.1, 0.15) is 0 Å². The molecule has 24 heavy (non-hydrogen) atoms. The zero-order chi connectivity index (χ0) is 17.1. The van der Waals surface area contributed by atoms with E-state index in [0.29, 0.717) is 5.91 Å². The van der Waals surface area contributed by atoms with Crippen molar-refractivity contribution in [3.05, 3.63) is 23.3 Å². The maximum Gasteiger partial charge on any atom is 0.227 e. The number of piperidine rings is 1. The first kappa shape index (κ1) is 17.1. The molecule has 1 amide bonds. The van der Waals surface area contributed by atoms with Crippen LogP contribution in [0.2, 0.25) is 0 Å². The van der Waals surface area contributed by atoms with Crippen LogP contribution in [-0.4, -0.2) is 50.7 Å². The number of rotatable bonds is 3. The number of methoxy groups -OCH3 is 2. The summed E-state index contributed by atoms with van der Waals surface area (Å²) in [6.07, 6.45) is 3.83. The van der Waals surface area contributed by atoms with Crippen LogP contribution >= 0.6 is 0 Å². The fourth-order valence-corrected chi connectivity index (χ4v) is 3.89. The van der Waals surface area contributed by atoms with Gasteiger partial charge in [0, 0.05) is 19.1 Å². The zero-order valence-electron chi connectivity index (χ0n) is 14.9. The molecule has 5 heteroatoms. The molecule has 0 radical (unpaired) electrons. The van der Waals surface area contributed by atoms with E-state index < -0.39 is 0 Å². The Morgan fingerprint density at radius 2 is 1.71 bits per heavy atom. The second kappa shape index (κ2) is 7.43. The number of carbonyl (C=O) groups excluding carboxylic acids is 1. The lowest BCUT2D eigenvalue weighted by atomic mass is 9.90. The molecule has 2 atom stereocenters. The number of benzene rings is 1. The molecule has 1 N–H and O–H groups in total. The molecule has 132 valence electrons. The van der Waals surface area contributed by atoms with Crippen molar-refractivity contribution in [1.82, 2.24) is 10.2 Å². The zero-order valence-corrected chi connectivity index (χ0v) is 14.9. The fourth-order valence-electron chi connectivity index (χ4n) is 3.89. The Hall–Kier alpha value is -1.75. The summed E-state index contributed by atoms with van der Waals surface area (Å²) in [4.78, 5) is 15.0. The highest BCUT2D eigenvalue weighted by Gasteiger charge is 2.31. The van der Waals surface area contributed by atoms with Gasteiger partial charge in [-0.05, 0) is 62.4 Å². The van der Waals surface area contributed by atoms with Gasteiger partial charge in [-0.15, -0.1) is 0 Å². The van der Waals surface area contributed by atoms with E-state index >= 15 is 0 Å². The number of carbonyl (C=O) groups is 1. The van der Waals surface area contributed by atoms with E-state index in [1.165, 1.54) is 11.1 Å². The summed E-state index contributed by atoms with van der Waals surface area (Å²) >= 11 is 0. The number of hydrogen-bond acceptors (Lipinski definition) is 4. The number of fused-ring (bicyclic) bond motifs is 1. The maximum absolute atomic E-state index is 13.0. The van der Waals surface area contributed by atoms with Crippen molar-refractivity contribution >= 4 is 5.91 Å². The average molecular weight is 332 g/mol. The highest BCUT2D eigenvalue weighted by molar-refractivity contribution is 5.79. The van der Waals surface area contributed by atoms with Crippen molar-refractivity contribution < 1.29 is 14.3 Å². The van der Waals surface area contributed by atoms with Crippen LogP contribution in [0.5, 0.6) is 11.5 Å². The van der Waals surface area contributed by atoms with Crippen LogP contribution in [0.1, 0.15) is 30.9 Å². The highest BCUT2D eigenvalue weighted by Crippen LogP contribution is 2.32. The van der Waals surface area contributed by atoms with E-state index in [-0.39, 0.29) is 12.0 Å². The molecule has 3 rings (SSSR count). The lowest BCUT2D eigenvalue weighted by molar-refractivity contribution is -0.137. The lowest BCUT2D eigenvalue weighted by Gasteiger charge is -2.33. The average Bonchev–Trinajstić information content (AvgIpc) is 2.82. The Kier molecular flexibility index (Phi) is 5.29. The minimum absolute atomic E-state index is 0.115. The summed E-state index contributed by atoms with van der Waals surface area (Å²) in [5.41, 5.74) is 2.52. The largest absolute Gasteiger partial charge is 0.493 e. The van der Waals surface area contributed by atoms with Gasteiger partial charge in [-0.3, -0.25) is 4.79 Å². The number of hydrogen-bond donors (Lipinski definition) is 1. The molecule has 1 aromatic carbocycles. The summed E-state index contributed by atoms with van der Waals surface area (Å²) in [5.74, 6) is 1.95. The van der Waals surface area contributed by atoms with Crippen LogP contribution in [0, 0.1) is 5.92 Å². The molecule has 0 spiro atoms. The molecule has 2 heterocycles. The van der Waals surface area contributed by atoms with Crippen molar-refractivity contribution in [2.24, 2.45) is 5.92 Å². The van der Waals surface area contributed by atoms with Crippen LogP contribution in [0.15, 0.2) is 12.1 Å². The summed E-state index contributed by atoms with van der Waals surface area (Å²) in [7, 11) is 3.32. The van der Waals surface area contributed by atoms with E-state index in [1.807, 2.05) is 4.90 Å². The van der Waals surface area contributed by atoms with Gasteiger partial charge in [-0.1, -0.05) is 0 Å². The summed E-state index contributed by atoms with van der Waals surface area (Å²) in [6, 6.07) is 4.40.